The van der Waals surface area contributed by atoms with Gasteiger partial charge in [0.2, 0.25) is 5.91 Å². The van der Waals surface area contributed by atoms with E-state index in [-0.39, 0.29) is 43.1 Å². The molecule has 1 N–H and O–H groups in total. The average molecular weight is 399 g/mol. The van der Waals surface area contributed by atoms with E-state index < -0.39 is 5.82 Å². The summed E-state index contributed by atoms with van der Waals surface area (Å²) >= 11 is 6.08. The molecule has 0 bridgehead atoms. The molecule has 4 nitrogen and oxygen atoms in total. The number of carbonyl (C=O) groups excluding carboxylic acids is 1. The van der Waals surface area contributed by atoms with Gasteiger partial charge in [0.1, 0.15) is 0 Å². The molecule has 1 unspecified atom stereocenters. The topological polar surface area (TPSA) is 41.6 Å². The molecule has 1 fully saturated rings. The number of para-hydroxylation sites is 1. The maximum absolute atomic E-state index is 13.5. The summed E-state index contributed by atoms with van der Waals surface area (Å²) in [5.74, 6) is -0.265. The lowest BCUT2D eigenvalue weighted by molar-refractivity contribution is -0.135. The first-order valence-electron chi connectivity index (χ1n) is 8.28. The monoisotopic (exact) mass is 398 g/mol. The molecular formula is C19H21Cl2FN2O2. The van der Waals surface area contributed by atoms with Crippen molar-refractivity contribution in [1.29, 1.82) is 0 Å². The molecular weight excluding hydrogens is 378 g/mol. The highest BCUT2D eigenvalue weighted by molar-refractivity contribution is 6.30. The average Bonchev–Trinajstić information content (AvgIpc) is 2.63. The third-order valence-corrected chi connectivity index (χ3v) is 4.44. The number of hydrogen-bond donors (Lipinski definition) is 1. The zero-order valence-electron chi connectivity index (χ0n) is 14.2. The third kappa shape index (κ3) is 5.10. The molecule has 26 heavy (non-hydrogen) atoms. The number of piperazine rings is 1. The van der Waals surface area contributed by atoms with Crippen LogP contribution in [0.15, 0.2) is 48.5 Å². The SMILES string of the molecule is Cl.O=C(CCOc1ccccc1F)N1CCNCC1c1cccc(Cl)c1. The minimum absolute atomic E-state index is 0. The number of rotatable bonds is 5. The lowest BCUT2D eigenvalue weighted by atomic mass is 10.0. The summed E-state index contributed by atoms with van der Waals surface area (Å²) in [5, 5.41) is 3.96. The normalized spacial score (nSPS) is 16.7. The predicted molar refractivity (Wildman–Crippen MR) is 103 cm³/mol. The Hall–Kier alpha value is -1.82. The molecule has 0 aromatic heterocycles. The molecule has 0 spiro atoms. The molecule has 0 radical (unpaired) electrons. The van der Waals surface area contributed by atoms with E-state index in [0.717, 1.165) is 12.1 Å². The first kappa shape index (κ1) is 20.5. The summed E-state index contributed by atoms with van der Waals surface area (Å²) in [6.45, 7) is 2.19. The van der Waals surface area contributed by atoms with Gasteiger partial charge in [-0.1, -0.05) is 35.9 Å². The van der Waals surface area contributed by atoms with Crippen molar-refractivity contribution in [3.05, 3.63) is 64.9 Å². The van der Waals surface area contributed by atoms with Crippen molar-refractivity contribution >= 4 is 29.9 Å². The van der Waals surface area contributed by atoms with E-state index in [0.29, 0.717) is 18.1 Å². The van der Waals surface area contributed by atoms with Gasteiger partial charge in [0.05, 0.1) is 19.1 Å². The van der Waals surface area contributed by atoms with Gasteiger partial charge in [0, 0.05) is 24.7 Å². The molecule has 7 heteroatoms. The van der Waals surface area contributed by atoms with Crippen LogP contribution in [0.1, 0.15) is 18.0 Å². The molecule has 1 atom stereocenters. The van der Waals surface area contributed by atoms with Gasteiger partial charge in [-0.05, 0) is 29.8 Å². The van der Waals surface area contributed by atoms with E-state index in [1.165, 1.54) is 6.07 Å². The van der Waals surface area contributed by atoms with Crippen LogP contribution in [-0.2, 0) is 4.79 Å². The van der Waals surface area contributed by atoms with Crippen LogP contribution in [0.5, 0.6) is 5.75 Å². The van der Waals surface area contributed by atoms with E-state index in [2.05, 4.69) is 5.32 Å². The van der Waals surface area contributed by atoms with Crippen LogP contribution < -0.4 is 10.1 Å². The van der Waals surface area contributed by atoms with Crippen molar-refractivity contribution in [3.63, 3.8) is 0 Å². The maximum atomic E-state index is 13.5. The Labute approximate surface area is 163 Å². The molecule has 1 saturated heterocycles. The zero-order chi connectivity index (χ0) is 17.6. The second-order valence-corrected chi connectivity index (χ2v) is 6.33. The Balaban J connectivity index is 0.00000243. The van der Waals surface area contributed by atoms with E-state index in [9.17, 15) is 9.18 Å². The molecule has 2 aromatic rings. The standard InChI is InChI=1S/C19H20ClFN2O2.ClH/c20-15-5-3-4-14(12-15)17-13-22-9-10-23(17)19(24)8-11-25-18-7-2-1-6-16(18)21;/h1-7,12,17,22H,8-11,13H2;1H. The Morgan fingerprint density at radius 3 is 2.85 bits per heavy atom. The fourth-order valence-corrected chi connectivity index (χ4v) is 3.17. The number of benzene rings is 2. The van der Waals surface area contributed by atoms with Gasteiger partial charge in [-0.15, -0.1) is 12.4 Å². The Bertz CT molecular complexity index is 745. The van der Waals surface area contributed by atoms with Gasteiger partial charge in [0.25, 0.3) is 0 Å². The van der Waals surface area contributed by atoms with Crippen LogP contribution in [0.4, 0.5) is 4.39 Å². The molecule has 140 valence electrons. The van der Waals surface area contributed by atoms with E-state index in [1.807, 2.05) is 29.2 Å². The second-order valence-electron chi connectivity index (χ2n) is 5.89. The Morgan fingerprint density at radius 1 is 1.27 bits per heavy atom. The first-order chi connectivity index (χ1) is 12.1. The molecule has 1 heterocycles. The number of nitrogens with one attached hydrogen (secondary N) is 1. The maximum Gasteiger partial charge on any atom is 0.226 e. The largest absolute Gasteiger partial charge is 0.490 e. The summed E-state index contributed by atoms with van der Waals surface area (Å²) in [6.07, 6.45) is 0.200. The van der Waals surface area contributed by atoms with E-state index in [1.54, 1.807) is 18.2 Å². The molecule has 2 aromatic carbocycles. The van der Waals surface area contributed by atoms with Gasteiger partial charge < -0.3 is 15.0 Å². The van der Waals surface area contributed by atoms with Crippen LogP contribution in [0.25, 0.3) is 0 Å². The van der Waals surface area contributed by atoms with Crippen LogP contribution in [0.2, 0.25) is 5.02 Å². The summed E-state index contributed by atoms with van der Waals surface area (Å²) in [6, 6.07) is 13.7. The van der Waals surface area contributed by atoms with Crippen molar-refractivity contribution < 1.29 is 13.9 Å². The van der Waals surface area contributed by atoms with Crippen LogP contribution in [-0.4, -0.2) is 37.0 Å². The van der Waals surface area contributed by atoms with E-state index in [4.69, 9.17) is 16.3 Å². The van der Waals surface area contributed by atoms with Crippen molar-refractivity contribution in [2.24, 2.45) is 0 Å². The highest BCUT2D eigenvalue weighted by Crippen LogP contribution is 2.25. The first-order valence-corrected chi connectivity index (χ1v) is 8.66. The number of amides is 1. The quantitative estimate of drug-likeness (QED) is 0.831. The molecule has 1 amide bonds. The molecule has 1 aliphatic heterocycles. The van der Waals surface area contributed by atoms with Gasteiger partial charge in [-0.3, -0.25) is 4.79 Å². The van der Waals surface area contributed by atoms with Gasteiger partial charge in [0.15, 0.2) is 11.6 Å². The highest BCUT2D eigenvalue weighted by Gasteiger charge is 2.27. The van der Waals surface area contributed by atoms with Gasteiger partial charge in [-0.2, -0.15) is 0 Å². The number of carbonyl (C=O) groups is 1. The summed E-state index contributed by atoms with van der Waals surface area (Å²) in [4.78, 5) is 14.5. The van der Waals surface area contributed by atoms with Crippen molar-refractivity contribution in [2.45, 2.75) is 12.5 Å². The minimum atomic E-state index is -0.422. The van der Waals surface area contributed by atoms with Crippen molar-refractivity contribution in [3.8, 4) is 5.75 Å². The summed E-state index contributed by atoms with van der Waals surface area (Å²) in [7, 11) is 0. The highest BCUT2D eigenvalue weighted by atomic mass is 35.5. The predicted octanol–water partition coefficient (Wildman–Crippen LogP) is 3.84. The second kappa shape index (κ2) is 9.76. The van der Waals surface area contributed by atoms with Gasteiger partial charge in [-0.25, -0.2) is 4.39 Å². The zero-order valence-corrected chi connectivity index (χ0v) is 15.7. The fraction of sp³-hybridized carbons (Fsp3) is 0.316. The van der Waals surface area contributed by atoms with Crippen LogP contribution >= 0.6 is 24.0 Å². The van der Waals surface area contributed by atoms with Crippen molar-refractivity contribution in [1.82, 2.24) is 10.2 Å². The molecule has 0 saturated carbocycles. The lowest BCUT2D eigenvalue weighted by Crippen LogP contribution is -2.49. The van der Waals surface area contributed by atoms with Gasteiger partial charge >= 0.3 is 0 Å². The van der Waals surface area contributed by atoms with E-state index >= 15 is 0 Å². The Morgan fingerprint density at radius 2 is 2.08 bits per heavy atom. The lowest BCUT2D eigenvalue weighted by Gasteiger charge is -2.36. The fourth-order valence-electron chi connectivity index (χ4n) is 2.97. The minimum Gasteiger partial charge on any atom is -0.490 e. The molecule has 0 aliphatic carbocycles. The van der Waals surface area contributed by atoms with Crippen molar-refractivity contribution in [2.75, 3.05) is 26.2 Å². The summed E-state index contributed by atoms with van der Waals surface area (Å²) in [5.41, 5.74) is 1.00. The summed E-state index contributed by atoms with van der Waals surface area (Å²) < 4.78 is 18.9. The smallest absolute Gasteiger partial charge is 0.226 e. The number of hydrogen-bond acceptors (Lipinski definition) is 3. The molecule has 3 rings (SSSR count). The number of halogens is 3. The molecule has 1 aliphatic rings. The number of ether oxygens (including phenoxy) is 1. The Kier molecular flexibility index (Phi) is 7.69. The third-order valence-electron chi connectivity index (χ3n) is 4.21. The van der Waals surface area contributed by atoms with Crippen LogP contribution in [0.3, 0.4) is 0 Å². The van der Waals surface area contributed by atoms with Crippen LogP contribution in [0, 0.1) is 5.82 Å². The number of nitrogens with zero attached hydrogens (tertiary/aromatic N) is 1.